The molecule has 1 unspecified atom stereocenters. The minimum atomic E-state index is -3.99. The first-order chi connectivity index (χ1) is 16.1. The highest BCUT2D eigenvalue weighted by Gasteiger charge is 2.42. The van der Waals surface area contributed by atoms with E-state index in [1.165, 1.54) is 21.9 Å². The summed E-state index contributed by atoms with van der Waals surface area (Å²) in [5.74, 6) is -1.99. The van der Waals surface area contributed by atoms with Crippen molar-refractivity contribution in [3.05, 3.63) is 41.4 Å². The Morgan fingerprint density at radius 1 is 1.09 bits per heavy atom. The topological polar surface area (TPSA) is 124 Å². The molecule has 0 bridgehead atoms. The Morgan fingerprint density at radius 2 is 1.79 bits per heavy atom. The largest absolute Gasteiger partial charge is 0.480 e. The molecule has 0 aliphatic carbocycles. The molecule has 0 aromatic heterocycles. The van der Waals surface area contributed by atoms with Crippen molar-refractivity contribution < 1.29 is 27.9 Å². The lowest BCUT2D eigenvalue weighted by Crippen LogP contribution is -2.55. The number of likely N-dealkylation sites (tertiary alicyclic amines) is 2. The molecule has 0 saturated carbocycles. The molecular formula is C23H26ClN3O6S. The molecule has 2 fully saturated rings. The van der Waals surface area contributed by atoms with Crippen LogP contribution in [0.2, 0.25) is 5.02 Å². The summed E-state index contributed by atoms with van der Waals surface area (Å²) in [7, 11) is -3.99. The quantitative estimate of drug-likeness (QED) is 0.618. The van der Waals surface area contributed by atoms with Crippen LogP contribution in [0.1, 0.15) is 32.6 Å². The second kappa shape index (κ2) is 9.52. The SMILES string of the molecule is C[C@@H](C(=O)N1CCCCC1C(=O)O)N1CC[C@H](NS(=O)(=O)c2ccc3cc(Cl)ccc3c2)C1=O. The number of halogens is 1. The number of nitrogens with zero attached hydrogens (tertiary/aromatic N) is 2. The van der Waals surface area contributed by atoms with E-state index in [1.807, 2.05) is 0 Å². The van der Waals surface area contributed by atoms with Gasteiger partial charge in [0.25, 0.3) is 0 Å². The van der Waals surface area contributed by atoms with Gasteiger partial charge in [-0.05, 0) is 67.6 Å². The van der Waals surface area contributed by atoms with Gasteiger partial charge in [-0.1, -0.05) is 23.7 Å². The molecule has 2 aromatic rings. The van der Waals surface area contributed by atoms with Gasteiger partial charge in [-0.15, -0.1) is 0 Å². The molecule has 182 valence electrons. The van der Waals surface area contributed by atoms with E-state index in [0.29, 0.717) is 29.8 Å². The van der Waals surface area contributed by atoms with Crippen LogP contribution < -0.4 is 4.72 Å². The first-order valence-corrected chi connectivity index (χ1v) is 13.0. The number of hydrogen-bond donors (Lipinski definition) is 2. The van der Waals surface area contributed by atoms with Crippen LogP contribution >= 0.6 is 11.6 Å². The minimum Gasteiger partial charge on any atom is -0.480 e. The maximum Gasteiger partial charge on any atom is 0.326 e. The number of fused-ring (bicyclic) bond motifs is 1. The van der Waals surface area contributed by atoms with Gasteiger partial charge < -0.3 is 14.9 Å². The number of carboxylic acid groups (broad SMARTS) is 1. The summed E-state index contributed by atoms with van der Waals surface area (Å²) in [5.41, 5.74) is 0. The van der Waals surface area contributed by atoms with Crippen LogP contribution in [0.5, 0.6) is 0 Å². The highest BCUT2D eigenvalue weighted by Crippen LogP contribution is 2.25. The van der Waals surface area contributed by atoms with Gasteiger partial charge in [0.1, 0.15) is 18.1 Å². The van der Waals surface area contributed by atoms with E-state index in [-0.39, 0.29) is 17.9 Å². The number of hydrogen-bond acceptors (Lipinski definition) is 5. The molecule has 2 heterocycles. The molecule has 2 aromatic carbocycles. The number of carboxylic acids is 1. The summed E-state index contributed by atoms with van der Waals surface area (Å²) in [6, 6.07) is 6.95. The zero-order chi connectivity index (χ0) is 24.6. The van der Waals surface area contributed by atoms with Crippen LogP contribution in [0.4, 0.5) is 0 Å². The molecule has 2 aliphatic rings. The second-order valence-electron chi connectivity index (χ2n) is 8.70. The number of carbonyl (C=O) groups excluding carboxylic acids is 2. The zero-order valence-electron chi connectivity index (χ0n) is 18.6. The number of piperidine rings is 1. The molecule has 0 radical (unpaired) electrons. The fraction of sp³-hybridized carbons (Fsp3) is 0.435. The fourth-order valence-corrected chi connectivity index (χ4v) is 6.08. The van der Waals surface area contributed by atoms with E-state index >= 15 is 0 Å². The lowest BCUT2D eigenvalue weighted by atomic mass is 10.0. The molecule has 2 saturated heterocycles. The van der Waals surface area contributed by atoms with E-state index in [2.05, 4.69) is 4.72 Å². The monoisotopic (exact) mass is 507 g/mol. The Hall–Kier alpha value is -2.69. The summed E-state index contributed by atoms with van der Waals surface area (Å²) in [4.78, 5) is 40.3. The smallest absolute Gasteiger partial charge is 0.326 e. The predicted molar refractivity (Wildman–Crippen MR) is 126 cm³/mol. The maximum atomic E-state index is 13.0. The number of benzene rings is 2. The third kappa shape index (κ3) is 4.75. The van der Waals surface area contributed by atoms with Crippen molar-refractivity contribution in [1.29, 1.82) is 0 Å². The summed E-state index contributed by atoms with van der Waals surface area (Å²) in [6.07, 6.45) is 2.02. The van der Waals surface area contributed by atoms with Crippen LogP contribution in [-0.4, -0.2) is 72.3 Å². The Labute approximate surface area is 202 Å². The summed E-state index contributed by atoms with van der Waals surface area (Å²) in [6.45, 7) is 2.07. The molecule has 2 amide bonds. The molecule has 2 aliphatic heterocycles. The van der Waals surface area contributed by atoms with Crippen LogP contribution in [0.25, 0.3) is 10.8 Å². The van der Waals surface area contributed by atoms with Gasteiger partial charge in [0.05, 0.1) is 4.90 Å². The first kappa shape index (κ1) is 24.4. The van der Waals surface area contributed by atoms with Crippen molar-refractivity contribution in [1.82, 2.24) is 14.5 Å². The Kier molecular flexibility index (Phi) is 6.84. The number of aliphatic carboxylic acids is 1. The van der Waals surface area contributed by atoms with Gasteiger partial charge in [0, 0.05) is 18.1 Å². The average Bonchev–Trinajstić information content (AvgIpc) is 3.16. The van der Waals surface area contributed by atoms with Gasteiger partial charge in [-0.25, -0.2) is 13.2 Å². The normalized spacial score (nSPS) is 22.2. The van der Waals surface area contributed by atoms with Crippen molar-refractivity contribution in [3.63, 3.8) is 0 Å². The lowest BCUT2D eigenvalue weighted by molar-refractivity contribution is -0.155. The van der Waals surface area contributed by atoms with Crippen LogP contribution in [0.3, 0.4) is 0 Å². The van der Waals surface area contributed by atoms with E-state index in [1.54, 1.807) is 31.2 Å². The standard InChI is InChI=1S/C23H26ClN3O6S/c1-14(21(28)27-10-3-2-4-20(27)23(30)31)26-11-9-19(22(26)29)25-34(32,33)18-8-6-15-12-17(24)7-5-16(15)13-18/h5-8,12-14,19-20,25H,2-4,9-11H2,1H3,(H,30,31)/t14-,19-,20?/m0/s1. The van der Waals surface area contributed by atoms with Gasteiger partial charge in [-0.2, -0.15) is 4.72 Å². The summed E-state index contributed by atoms with van der Waals surface area (Å²) in [5, 5.41) is 11.5. The molecule has 9 nitrogen and oxygen atoms in total. The van der Waals surface area contributed by atoms with Crippen LogP contribution in [0.15, 0.2) is 41.3 Å². The van der Waals surface area contributed by atoms with Crippen molar-refractivity contribution in [2.45, 2.75) is 55.6 Å². The first-order valence-electron chi connectivity index (χ1n) is 11.1. The molecule has 2 N–H and O–H groups in total. The van der Waals surface area contributed by atoms with Crippen molar-refractivity contribution in [2.24, 2.45) is 0 Å². The zero-order valence-corrected chi connectivity index (χ0v) is 20.2. The number of rotatable bonds is 6. The van der Waals surface area contributed by atoms with Gasteiger partial charge in [0.2, 0.25) is 21.8 Å². The third-order valence-electron chi connectivity index (χ3n) is 6.52. The summed E-state index contributed by atoms with van der Waals surface area (Å²) >= 11 is 5.98. The molecule has 34 heavy (non-hydrogen) atoms. The highest BCUT2D eigenvalue weighted by molar-refractivity contribution is 7.89. The molecule has 11 heteroatoms. The van der Waals surface area contributed by atoms with Crippen LogP contribution in [0, 0.1) is 0 Å². The number of sulfonamides is 1. The van der Waals surface area contributed by atoms with E-state index in [0.717, 1.165) is 11.8 Å². The van der Waals surface area contributed by atoms with E-state index < -0.39 is 45.9 Å². The third-order valence-corrected chi connectivity index (χ3v) is 8.22. The van der Waals surface area contributed by atoms with E-state index in [9.17, 15) is 27.9 Å². The average molecular weight is 508 g/mol. The molecule has 3 atom stereocenters. The number of amides is 2. The number of carbonyl (C=O) groups is 3. The van der Waals surface area contributed by atoms with Gasteiger partial charge in [-0.3, -0.25) is 9.59 Å². The summed E-state index contributed by atoms with van der Waals surface area (Å²) < 4.78 is 28.4. The predicted octanol–water partition coefficient (Wildman–Crippen LogP) is 2.23. The minimum absolute atomic E-state index is 0.0234. The van der Waals surface area contributed by atoms with Crippen molar-refractivity contribution in [2.75, 3.05) is 13.1 Å². The van der Waals surface area contributed by atoms with Crippen molar-refractivity contribution in [3.8, 4) is 0 Å². The molecule has 0 spiro atoms. The second-order valence-corrected chi connectivity index (χ2v) is 10.9. The van der Waals surface area contributed by atoms with Crippen LogP contribution in [-0.2, 0) is 24.4 Å². The Balaban J connectivity index is 1.47. The molecular weight excluding hydrogens is 482 g/mol. The maximum absolute atomic E-state index is 13.0. The Bertz CT molecular complexity index is 1250. The lowest BCUT2D eigenvalue weighted by Gasteiger charge is -2.36. The number of nitrogens with one attached hydrogen (secondary N) is 1. The van der Waals surface area contributed by atoms with Gasteiger partial charge in [0.15, 0.2) is 0 Å². The van der Waals surface area contributed by atoms with Gasteiger partial charge >= 0.3 is 5.97 Å². The molecule has 4 rings (SSSR count). The van der Waals surface area contributed by atoms with E-state index in [4.69, 9.17) is 11.6 Å². The Morgan fingerprint density at radius 3 is 2.53 bits per heavy atom. The highest BCUT2D eigenvalue weighted by atomic mass is 35.5. The van der Waals surface area contributed by atoms with Crippen molar-refractivity contribution >= 4 is 50.2 Å². The fourth-order valence-electron chi connectivity index (χ4n) is 4.64.